The second kappa shape index (κ2) is 15.3. The Labute approximate surface area is 243 Å². The maximum Gasteiger partial charge on any atom is 0.343 e. The minimum atomic E-state index is -1.02. The van der Waals surface area contributed by atoms with Gasteiger partial charge in [0.2, 0.25) is 0 Å². The number of amides is 1. The molecule has 0 aliphatic rings. The van der Waals surface area contributed by atoms with Gasteiger partial charge in [0.15, 0.2) is 17.7 Å². The Balaban J connectivity index is 1.96. The summed E-state index contributed by atoms with van der Waals surface area (Å²) >= 11 is 13.1. The summed E-state index contributed by atoms with van der Waals surface area (Å²) in [6.07, 6.45) is 0.553. The molecule has 0 saturated carbocycles. The quantitative estimate of drug-likeness (QED) is 0.112. The van der Waals surface area contributed by atoms with Gasteiger partial charge in [-0.25, -0.2) is 4.79 Å². The Hall–Kier alpha value is -3.59. The van der Waals surface area contributed by atoms with E-state index in [1.54, 1.807) is 44.2 Å². The van der Waals surface area contributed by atoms with E-state index in [0.717, 1.165) is 12.0 Å². The molecule has 0 heterocycles. The number of nitrogens with two attached hydrogens (primary N) is 1. The molecule has 8 nitrogen and oxygen atoms in total. The fraction of sp³-hybridized carbons (Fsp3) is 0.300. The molecule has 1 atom stereocenters. The number of rotatable bonds is 13. The fourth-order valence-electron chi connectivity index (χ4n) is 3.58. The number of nitrogens with one attached hydrogen (secondary N) is 1. The molecular formula is C30H32Cl2N2O6. The molecule has 3 N–H and O–H groups in total. The molecule has 1 unspecified atom stereocenters. The number of benzene rings is 3. The van der Waals surface area contributed by atoms with Crippen molar-refractivity contribution >= 4 is 41.0 Å². The summed E-state index contributed by atoms with van der Waals surface area (Å²) in [6, 6.07) is 18.8. The Bertz CT molecular complexity index is 1300. The van der Waals surface area contributed by atoms with Gasteiger partial charge in [0.05, 0.1) is 28.7 Å². The zero-order valence-electron chi connectivity index (χ0n) is 22.3. The number of carbonyl (C=O) groups excluding carboxylic acids is 3. The smallest absolute Gasteiger partial charge is 0.343 e. The zero-order chi connectivity index (χ0) is 29.1. The SMILES string of the molecule is CC(C)C(=O)OC(Cc1ccccc1)NC(=O)c1cc(Cl)c(OCCCCN)c(Cl)c1OC(=O)c1ccccc1. The molecule has 0 spiro atoms. The molecule has 3 aromatic carbocycles. The van der Waals surface area contributed by atoms with Crippen molar-refractivity contribution in [2.24, 2.45) is 11.7 Å². The van der Waals surface area contributed by atoms with Crippen molar-refractivity contribution in [3.05, 3.63) is 93.5 Å². The third-order valence-corrected chi connectivity index (χ3v) is 6.33. The summed E-state index contributed by atoms with van der Waals surface area (Å²) in [7, 11) is 0. The molecule has 212 valence electrons. The summed E-state index contributed by atoms with van der Waals surface area (Å²) in [5.74, 6) is -2.53. The maximum atomic E-state index is 13.6. The predicted octanol–water partition coefficient (Wildman–Crippen LogP) is 5.83. The average Bonchev–Trinajstić information content (AvgIpc) is 2.94. The second-order valence-corrected chi connectivity index (χ2v) is 10.0. The van der Waals surface area contributed by atoms with E-state index in [9.17, 15) is 14.4 Å². The first-order chi connectivity index (χ1) is 19.2. The largest absolute Gasteiger partial charge is 0.490 e. The van der Waals surface area contributed by atoms with E-state index in [2.05, 4.69) is 5.32 Å². The highest BCUT2D eigenvalue weighted by molar-refractivity contribution is 6.39. The van der Waals surface area contributed by atoms with Gasteiger partial charge < -0.3 is 25.3 Å². The first kappa shape index (κ1) is 30.9. The average molecular weight is 588 g/mol. The molecule has 0 fully saturated rings. The van der Waals surface area contributed by atoms with E-state index >= 15 is 0 Å². The van der Waals surface area contributed by atoms with E-state index in [1.807, 2.05) is 30.3 Å². The van der Waals surface area contributed by atoms with Crippen molar-refractivity contribution < 1.29 is 28.6 Å². The lowest BCUT2D eigenvalue weighted by atomic mass is 10.1. The van der Waals surface area contributed by atoms with Crippen LogP contribution in [0.1, 0.15) is 53.0 Å². The van der Waals surface area contributed by atoms with Crippen LogP contribution < -0.4 is 20.5 Å². The summed E-state index contributed by atoms with van der Waals surface area (Å²) in [6.45, 7) is 4.14. The van der Waals surface area contributed by atoms with Gasteiger partial charge in [-0.1, -0.05) is 85.6 Å². The van der Waals surface area contributed by atoms with Crippen LogP contribution in [-0.4, -0.2) is 37.2 Å². The molecule has 10 heteroatoms. The van der Waals surface area contributed by atoms with Crippen LogP contribution in [0.4, 0.5) is 0 Å². The van der Waals surface area contributed by atoms with E-state index in [1.165, 1.54) is 6.07 Å². The van der Waals surface area contributed by atoms with Crippen LogP contribution in [0, 0.1) is 5.92 Å². The first-order valence-electron chi connectivity index (χ1n) is 12.9. The number of carbonyl (C=O) groups is 3. The predicted molar refractivity (Wildman–Crippen MR) is 154 cm³/mol. The van der Waals surface area contributed by atoms with Crippen molar-refractivity contribution in [3.8, 4) is 11.5 Å². The number of halogens is 2. The number of hydrogen-bond acceptors (Lipinski definition) is 7. The topological polar surface area (TPSA) is 117 Å². The monoisotopic (exact) mass is 586 g/mol. The van der Waals surface area contributed by atoms with E-state index in [-0.39, 0.29) is 45.7 Å². The summed E-state index contributed by atoms with van der Waals surface area (Å²) in [4.78, 5) is 39.0. The Morgan fingerprint density at radius 3 is 2.20 bits per heavy atom. The van der Waals surface area contributed by atoms with Gasteiger partial charge >= 0.3 is 11.9 Å². The molecule has 0 aliphatic heterocycles. The van der Waals surface area contributed by atoms with Gasteiger partial charge in [-0.05, 0) is 43.1 Å². The van der Waals surface area contributed by atoms with Gasteiger partial charge in [0, 0.05) is 6.42 Å². The van der Waals surface area contributed by atoms with Crippen molar-refractivity contribution in [1.82, 2.24) is 5.32 Å². The molecule has 40 heavy (non-hydrogen) atoms. The Kier molecular flexibility index (Phi) is 11.8. The summed E-state index contributed by atoms with van der Waals surface area (Å²) in [5, 5.41) is 2.61. The second-order valence-electron chi connectivity index (χ2n) is 9.22. The summed E-state index contributed by atoms with van der Waals surface area (Å²) < 4.78 is 17.0. The standard InChI is InChI=1S/C30H32Cl2N2O6/c1-19(2)29(36)39-24(17-20-11-5-3-6-12-20)34-28(35)22-18-23(31)27(38-16-10-9-15-33)25(32)26(22)40-30(37)21-13-7-4-8-14-21/h3-8,11-14,18-19,24H,9-10,15-17,33H2,1-2H3,(H,34,35). The molecule has 1 amide bonds. The molecule has 0 radical (unpaired) electrons. The first-order valence-corrected chi connectivity index (χ1v) is 13.6. The number of ether oxygens (including phenoxy) is 3. The third-order valence-electron chi connectivity index (χ3n) is 5.71. The third kappa shape index (κ3) is 8.71. The highest BCUT2D eigenvalue weighted by Crippen LogP contribution is 2.43. The number of unbranched alkanes of at least 4 members (excludes halogenated alkanes) is 1. The Morgan fingerprint density at radius 1 is 0.925 bits per heavy atom. The van der Waals surface area contributed by atoms with Crippen LogP contribution >= 0.6 is 23.2 Å². The number of esters is 2. The molecule has 0 bridgehead atoms. The van der Waals surface area contributed by atoms with Crippen molar-refractivity contribution in [2.75, 3.05) is 13.2 Å². The van der Waals surface area contributed by atoms with E-state index in [4.69, 9.17) is 43.1 Å². The van der Waals surface area contributed by atoms with Crippen LogP contribution in [0.2, 0.25) is 10.0 Å². The van der Waals surface area contributed by atoms with Crippen LogP contribution in [0.3, 0.4) is 0 Å². The minimum Gasteiger partial charge on any atom is -0.490 e. The molecule has 3 aromatic rings. The van der Waals surface area contributed by atoms with Gasteiger partial charge in [-0.2, -0.15) is 0 Å². The van der Waals surface area contributed by atoms with Crippen LogP contribution in [0.5, 0.6) is 11.5 Å². The van der Waals surface area contributed by atoms with Crippen LogP contribution in [0.25, 0.3) is 0 Å². The lowest BCUT2D eigenvalue weighted by Crippen LogP contribution is -2.41. The normalized spacial score (nSPS) is 11.6. The van der Waals surface area contributed by atoms with Gasteiger partial charge in [0.25, 0.3) is 5.91 Å². The Morgan fingerprint density at radius 2 is 1.57 bits per heavy atom. The van der Waals surface area contributed by atoms with Gasteiger partial charge in [-0.3, -0.25) is 9.59 Å². The van der Waals surface area contributed by atoms with Crippen molar-refractivity contribution in [2.45, 2.75) is 39.3 Å². The van der Waals surface area contributed by atoms with E-state index < -0.39 is 30.0 Å². The van der Waals surface area contributed by atoms with Crippen LogP contribution in [0.15, 0.2) is 66.7 Å². The van der Waals surface area contributed by atoms with Gasteiger partial charge in [0.1, 0.15) is 5.02 Å². The molecule has 0 aliphatic carbocycles. The maximum absolute atomic E-state index is 13.6. The lowest BCUT2D eigenvalue weighted by Gasteiger charge is -2.22. The molecule has 0 saturated heterocycles. The molecule has 3 rings (SSSR count). The van der Waals surface area contributed by atoms with Gasteiger partial charge in [-0.15, -0.1) is 0 Å². The fourth-order valence-corrected chi connectivity index (χ4v) is 4.19. The highest BCUT2D eigenvalue weighted by Gasteiger charge is 2.28. The van der Waals surface area contributed by atoms with Crippen molar-refractivity contribution in [3.63, 3.8) is 0 Å². The molecule has 0 aromatic heterocycles. The number of hydrogen-bond donors (Lipinski definition) is 2. The van der Waals surface area contributed by atoms with E-state index in [0.29, 0.717) is 13.0 Å². The van der Waals surface area contributed by atoms with Crippen LogP contribution in [-0.2, 0) is 16.0 Å². The lowest BCUT2D eigenvalue weighted by molar-refractivity contribution is -0.153. The van der Waals surface area contributed by atoms with Crippen molar-refractivity contribution in [1.29, 1.82) is 0 Å². The minimum absolute atomic E-state index is 0.0428. The summed E-state index contributed by atoms with van der Waals surface area (Å²) in [5.41, 5.74) is 6.50. The molecular weight excluding hydrogens is 555 g/mol. The highest BCUT2D eigenvalue weighted by atomic mass is 35.5. The zero-order valence-corrected chi connectivity index (χ0v) is 23.8.